The van der Waals surface area contributed by atoms with Crippen molar-refractivity contribution < 1.29 is 28.2 Å². The van der Waals surface area contributed by atoms with Gasteiger partial charge in [0.15, 0.2) is 0 Å². The molecular formula is C49H70B2N2O6. The van der Waals surface area contributed by atoms with Gasteiger partial charge >= 0.3 is 14.2 Å². The Balaban J connectivity index is 0.000000164. The van der Waals surface area contributed by atoms with Crippen molar-refractivity contribution in [3.8, 4) is 0 Å². The molecule has 2 aliphatic heterocycles. The van der Waals surface area contributed by atoms with Crippen molar-refractivity contribution in [2.75, 3.05) is 0 Å². The van der Waals surface area contributed by atoms with Crippen molar-refractivity contribution in [3.05, 3.63) is 84.4 Å². The summed E-state index contributed by atoms with van der Waals surface area (Å²) in [5, 5.41) is 6.53. The van der Waals surface area contributed by atoms with Crippen LogP contribution in [0.15, 0.2) is 73.3 Å². The number of hydrogen-bond donors (Lipinski definition) is 2. The molecule has 2 aromatic rings. The number of benzene rings is 2. The molecule has 0 unspecified atom stereocenters. The first-order valence-corrected chi connectivity index (χ1v) is 23.0. The lowest BCUT2D eigenvalue weighted by atomic mass is 9.43. The Labute approximate surface area is 355 Å². The number of hydrogen-bond acceptors (Lipinski definition) is 6. The molecular weight excluding hydrogens is 734 g/mol. The molecule has 2 amide bonds. The highest BCUT2D eigenvalue weighted by molar-refractivity contribution is 6.48. The Kier molecular flexibility index (Phi) is 11.9. The van der Waals surface area contributed by atoms with Crippen molar-refractivity contribution in [2.24, 2.45) is 52.3 Å². The van der Waals surface area contributed by atoms with E-state index < -0.39 is 7.12 Å². The number of nitrogens with one attached hydrogen (secondary N) is 2. The molecule has 11 rings (SSSR count). The molecule has 9 fully saturated rings. The molecule has 9 aliphatic rings. The Hall–Kier alpha value is -2.91. The topological polar surface area (TPSA) is 95.1 Å². The third-order valence-electron chi connectivity index (χ3n) is 16.6. The Morgan fingerprint density at radius 1 is 0.695 bits per heavy atom. The van der Waals surface area contributed by atoms with Crippen LogP contribution < -0.4 is 10.6 Å². The summed E-state index contributed by atoms with van der Waals surface area (Å²) in [6.07, 6.45) is 12.3. The van der Waals surface area contributed by atoms with Gasteiger partial charge in [-0.3, -0.25) is 9.59 Å². The third kappa shape index (κ3) is 8.26. The maximum absolute atomic E-state index is 13.1. The predicted molar refractivity (Wildman–Crippen MR) is 235 cm³/mol. The van der Waals surface area contributed by atoms with Crippen LogP contribution in [0.5, 0.6) is 0 Å². The van der Waals surface area contributed by atoms with E-state index in [9.17, 15) is 9.59 Å². The third-order valence-corrected chi connectivity index (χ3v) is 16.6. The summed E-state index contributed by atoms with van der Waals surface area (Å²) in [5.41, 5.74) is 2.54. The van der Waals surface area contributed by atoms with Crippen LogP contribution in [0.1, 0.15) is 118 Å². The second-order valence-corrected chi connectivity index (χ2v) is 21.3. The van der Waals surface area contributed by atoms with E-state index in [-0.39, 0.29) is 66.1 Å². The lowest BCUT2D eigenvalue weighted by Gasteiger charge is -2.64. The minimum absolute atomic E-state index is 0.0394. The van der Waals surface area contributed by atoms with Gasteiger partial charge in [0, 0.05) is 11.8 Å². The lowest BCUT2D eigenvalue weighted by molar-refractivity contribution is -0.199. The van der Waals surface area contributed by atoms with Crippen LogP contribution in [0.25, 0.3) is 0 Å². The molecule has 7 saturated carbocycles. The molecule has 2 heterocycles. The van der Waals surface area contributed by atoms with Crippen LogP contribution in [0, 0.1) is 52.3 Å². The molecule has 4 bridgehead atoms. The van der Waals surface area contributed by atoms with Crippen LogP contribution in [0.3, 0.4) is 0 Å². The average Bonchev–Trinajstić information content (AvgIpc) is 3.84. The fourth-order valence-corrected chi connectivity index (χ4v) is 12.3. The first-order chi connectivity index (χ1) is 28.0. The molecule has 0 aromatic heterocycles. The number of carbonyl (C=O) groups is 2. The molecule has 7 aliphatic carbocycles. The predicted octanol–water partition coefficient (Wildman–Crippen LogP) is 8.61. The highest BCUT2D eigenvalue weighted by Crippen LogP contribution is 2.67. The normalized spacial score (nSPS) is 34.9. The maximum atomic E-state index is 13.1. The molecule has 12 atom stereocenters. The van der Waals surface area contributed by atoms with E-state index in [1.807, 2.05) is 56.3 Å². The second-order valence-electron chi connectivity index (χ2n) is 21.3. The van der Waals surface area contributed by atoms with Crippen molar-refractivity contribution in [1.29, 1.82) is 0 Å². The van der Waals surface area contributed by atoms with E-state index >= 15 is 0 Å². The van der Waals surface area contributed by atoms with E-state index in [1.54, 1.807) is 0 Å². The molecule has 59 heavy (non-hydrogen) atoms. The Bertz CT molecular complexity index is 1820. The standard InChI is InChI=1S/C25H36BNO3.C24H34BNO3/c1-16(12-17-8-6-5-7-9-17)23(28)27-22(13-18-10-11-18)26-29-21-15-19-14-20(24(19,2)3)25(21,4)30-26;1-6-10-21(26-22(27)16(2)13-17-11-8-7-9-12-17)25-28-20-15-18-14-19(23(18,3)4)24(20,5)29-25/h5-9,16,18-22H,10-15H2,1-4H3,(H,27,28);6-9,11-12,16,18-21H,1,10,13-15H2,2-5H3,(H,26,27)/t16-,19-,20-,21+,22-,25-;16-,18-,19-,20+,21-,24-/m00/s1. The fourth-order valence-electron chi connectivity index (χ4n) is 12.3. The van der Waals surface area contributed by atoms with Crippen molar-refractivity contribution in [2.45, 2.75) is 155 Å². The number of amides is 2. The first-order valence-electron chi connectivity index (χ1n) is 23.0. The zero-order chi connectivity index (χ0) is 41.9. The smallest absolute Gasteiger partial charge is 0.404 e. The van der Waals surface area contributed by atoms with Crippen molar-refractivity contribution in [1.82, 2.24) is 10.6 Å². The van der Waals surface area contributed by atoms with Crippen LogP contribution in [-0.2, 0) is 41.0 Å². The molecule has 318 valence electrons. The minimum Gasteiger partial charge on any atom is -0.404 e. The summed E-state index contributed by atoms with van der Waals surface area (Å²) in [4.78, 5) is 26.0. The minimum atomic E-state index is -0.411. The van der Waals surface area contributed by atoms with E-state index in [1.165, 1.54) is 36.8 Å². The molecule has 0 radical (unpaired) electrons. The van der Waals surface area contributed by atoms with Gasteiger partial charge in [0.2, 0.25) is 11.8 Å². The van der Waals surface area contributed by atoms with Gasteiger partial charge in [-0.15, -0.1) is 6.58 Å². The van der Waals surface area contributed by atoms with Gasteiger partial charge in [-0.2, -0.15) is 0 Å². The SMILES string of the molecule is C=CC[C@H](NC(=O)[C@@H](C)Cc1ccccc1)B1O[C@@H]2C[C@@H]3C[C@@H](C3(C)C)[C@]2(C)O1.C[C@@H](Cc1ccccc1)C(=O)N[C@@H](CC1CC1)B1O[C@@H]2C[C@@H]3C[C@@H](C3(C)C)[C@]2(C)O1. The van der Waals surface area contributed by atoms with Crippen LogP contribution >= 0.6 is 0 Å². The van der Waals surface area contributed by atoms with Crippen LogP contribution in [-0.4, -0.2) is 61.3 Å². The largest absolute Gasteiger partial charge is 0.482 e. The Morgan fingerprint density at radius 3 is 1.53 bits per heavy atom. The average molecular weight is 805 g/mol. The van der Waals surface area contributed by atoms with E-state index in [0.717, 1.165) is 38.0 Å². The fraction of sp³-hybridized carbons (Fsp3) is 0.673. The van der Waals surface area contributed by atoms with Gasteiger partial charge in [-0.25, -0.2) is 0 Å². The summed E-state index contributed by atoms with van der Waals surface area (Å²) in [6, 6.07) is 20.4. The van der Waals surface area contributed by atoms with Gasteiger partial charge in [0.05, 0.1) is 35.3 Å². The van der Waals surface area contributed by atoms with Crippen molar-refractivity contribution in [3.63, 3.8) is 0 Å². The molecule has 8 nitrogen and oxygen atoms in total. The molecule has 2 N–H and O–H groups in total. The molecule has 0 spiro atoms. The molecule has 2 aromatic carbocycles. The van der Waals surface area contributed by atoms with Gasteiger partial charge in [-0.05, 0) is 117 Å². The summed E-state index contributed by atoms with van der Waals surface area (Å²) < 4.78 is 26.2. The highest BCUT2D eigenvalue weighted by Gasteiger charge is 2.70. The summed E-state index contributed by atoms with van der Waals surface area (Å²) >= 11 is 0. The Morgan fingerprint density at radius 2 is 1.12 bits per heavy atom. The highest BCUT2D eigenvalue weighted by atomic mass is 16.7. The van der Waals surface area contributed by atoms with Gasteiger partial charge < -0.3 is 29.3 Å². The number of rotatable bonds is 14. The van der Waals surface area contributed by atoms with E-state index in [0.29, 0.717) is 40.9 Å². The second kappa shape index (κ2) is 16.4. The summed E-state index contributed by atoms with van der Waals surface area (Å²) in [7, 11) is -0.727. The first kappa shape index (κ1) is 42.8. The summed E-state index contributed by atoms with van der Waals surface area (Å²) in [6.45, 7) is 21.8. The van der Waals surface area contributed by atoms with Gasteiger partial charge in [-0.1, -0.05) is 121 Å². The molecule has 10 heteroatoms. The zero-order valence-corrected chi connectivity index (χ0v) is 37.1. The van der Waals surface area contributed by atoms with E-state index in [4.69, 9.17) is 18.6 Å². The maximum Gasteiger partial charge on any atom is 0.482 e. The van der Waals surface area contributed by atoms with Crippen molar-refractivity contribution >= 4 is 26.1 Å². The quantitative estimate of drug-likeness (QED) is 0.147. The van der Waals surface area contributed by atoms with E-state index in [2.05, 4.69) is 83.0 Å². The monoisotopic (exact) mass is 805 g/mol. The lowest BCUT2D eigenvalue weighted by Crippen LogP contribution is -2.65. The number of carbonyl (C=O) groups excluding carboxylic acids is 2. The van der Waals surface area contributed by atoms with Gasteiger partial charge in [0.1, 0.15) is 0 Å². The van der Waals surface area contributed by atoms with Crippen LogP contribution in [0.4, 0.5) is 0 Å². The van der Waals surface area contributed by atoms with Gasteiger partial charge in [0.25, 0.3) is 0 Å². The zero-order valence-electron chi connectivity index (χ0n) is 37.1. The summed E-state index contributed by atoms with van der Waals surface area (Å²) in [5.74, 6) is 2.93. The molecule has 2 saturated heterocycles. The van der Waals surface area contributed by atoms with Crippen LogP contribution in [0.2, 0.25) is 0 Å².